The average Bonchev–Trinajstić information content (AvgIpc) is 2.45. The van der Waals surface area contributed by atoms with Crippen LogP contribution in [-0.4, -0.2) is 24.5 Å². The lowest BCUT2D eigenvalue weighted by molar-refractivity contribution is 0.0944. The predicted molar refractivity (Wildman–Crippen MR) is 77.4 cm³/mol. The van der Waals surface area contributed by atoms with Crippen molar-refractivity contribution in [2.24, 2.45) is 5.92 Å². The van der Waals surface area contributed by atoms with E-state index in [1.807, 2.05) is 20.0 Å². The molecule has 1 aromatic heterocycles. The lowest BCUT2D eigenvalue weighted by Crippen LogP contribution is -2.30. The van der Waals surface area contributed by atoms with E-state index in [1.54, 1.807) is 6.20 Å². The molecule has 0 spiro atoms. The van der Waals surface area contributed by atoms with Gasteiger partial charge in [-0.2, -0.15) is 0 Å². The summed E-state index contributed by atoms with van der Waals surface area (Å²) in [6.45, 7) is 2.71. The van der Waals surface area contributed by atoms with Gasteiger partial charge >= 0.3 is 0 Å². The zero-order valence-corrected chi connectivity index (χ0v) is 11.8. The van der Waals surface area contributed by atoms with E-state index < -0.39 is 0 Å². The maximum atomic E-state index is 12.2. The Balaban J connectivity index is 1.95. The highest BCUT2D eigenvalue weighted by atomic mass is 16.1. The van der Waals surface area contributed by atoms with Crippen molar-refractivity contribution in [1.29, 1.82) is 0 Å². The minimum Gasteiger partial charge on any atom is -0.387 e. The maximum absolute atomic E-state index is 12.2. The minimum absolute atomic E-state index is 0.0255. The lowest BCUT2D eigenvalue weighted by Gasteiger charge is -2.22. The Bertz CT molecular complexity index is 439. The Labute approximate surface area is 115 Å². The molecule has 0 atom stereocenters. The van der Waals surface area contributed by atoms with E-state index in [9.17, 15) is 4.79 Å². The molecule has 0 unspecified atom stereocenters. The van der Waals surface area contributed by atoms with Gasteiger partial charge in [-0.1, -0.05) is 19.3 Å². The molecule has 0 bridgehead atoms. The first-order valence-electron chi connectivity index (χ1n) is 7.13. The Hall–Kier alpha value is -1.58. The number of aromatic nitrogens is 1. The molecule has 1 amide bonds. The molecule has 2 rings (SSSR count). The van der Waals surface area contributed by atoms with E-state index in [2.05, 4.69) is 15.6 Å². The fourth-order valence-corrected chi connectivity index (χ4v) is 2.67. The Kier molecular flexibility index (Phi) is 4.77. The first kappa shape index (κ1) is 13.8. The van der Waals surface area contributed by atoms with Gasteiger partial charge in [-0.15, -0.1) is 0 Å². The van der Waals surface area contributed by atoms with Crippen molar-refractivity contribution in [3.8, 4) is 0 Å². The van der Waals surface area contributed by atoms with E-state index in [-0.39, 0.29) is 5.91 Å². The second-order valence-electron chi connectivity index (χ2n) is 5.34. The summed E-state index contributed by atoms with van der Waals surface area (Å²) in [7, 11) is 1.83. The number of anilines is 1. The van der Waals surface area contributed by atoms with Crippen molar-refractivity contribution >= 4 is 11.6 Å². The number of carbonyl (C=O) groups is 1. The molecule has 1 aromatic rings. The minimum atomic E-state index is -0.0255. The Morgan fingerprint density at radius 3 is 2.79 bits per heavy atom. The van der Waals surface area contributed by atoms with Gasteiger partial charge in [-0.3, -0.25) is 9.78 Å². The largest absolute Gasteiger partial charge is 0.387 e. The van der Waals surface area contributed by atoms with Crippen LogP contribution in [0, 0.1) is 12.8 Å². The third-order valence-electron chi connectivity index (χ3n) is 3.83. The van der Waals surface area contributed by atoms with E-state index in [0.29, 0.717) is 11.5 Å². The lowest BCUT2D eigenvalue weighted by atomic mass is 9.89. The molecule has 0 radical (unpaired) electrons. The number of hydrogen-bond donors (Lipinski definition) is 2. The van der Waals surface area contributed by atoms with Crippen LogP contribution < -0.4 is 10.6 Å². The average molecular weight is 261 g/mol. The molecular weight excluding hydrogens is 238 g/mol. The number of amides is 1. The van der Waals surface area contributed by atoms with E-state index in [0.717, 1.165) is 17.9 Å². The van der Waals surface area contributed by atoms with Crippen molar-refractivity contribution in [2.75, 3.05) is 18.9 Å². The van der Waals surface area contributed by atoms with Crippen LogP contribution in [0.25, 0.3) is 0 Å². The number of nitrogens with one attached hydrogen (secondary N) is 2. The summed E-state index contributed by atoms with van der Waals surface area (Å²) in [6, 6.07) is 1.90. The van der Waals surface area contributed by atoms with Crippen LogP contribution in [0.3, 0.4) is 0 Å². The van der Waals surface area contributed by atoms with Crippen molar-refractivity contribution in [3.05, 3.63) is 23.5 Å². The monoisotopic (exact) mass is 261 g/mol. The number of carbonyl (C=O) groups excluding carboxylic acids is 1. The van der Waals surface area contributed by atoms with Crippen LogP contribution in [0.5, 0.6) is 0 Å². The summed E-state index contributed by atoms with van der Waals surface area (Å²) < 4.78 is 0. The second kappa shape index (κ2) is 6.55. The summed E-state index contributed by atoms with van der Waals surface area (Å²) in [5, 5.41) is 6.10. The van der Waals surface area contributed by atoms with Crippen LogP contribution in [0.2, 0.25) is 0 Å². The van der Waals surface area contributed by atoms with Gasteiger partial charge in [0, 0.05) is 25.5 Å². The summed E-state index contributed by atoms with van der Waals surface area (Å²) in [5.74, 6) is 0.622. The van der Waals surface area contributed by atoms with Gasteiger partial charge in [-0.05, 0) is 31.7 Å². The summed E-state index contributed by atoms with van der Waals surface area (Å²) in [5.41, 5.74) is 2.38. The van der Waals surface area contributed by atoms with Crippen LogP contribution in [0.15, 0.2) is 12.3 Å². The summed E-state index contributed by atoms with van der Waals surface area (Å²) in [6.07, 6.45) is 8.08. The van der Waals surface area contributed by atoms with Crippen molar-refractivity contribution in [3.63, 3.8) is 0 Å². The zero-order valence-electron chi connectivity index (χ0n) is 11.8. The van der Waals surface area contributed by atoms with E-state index >= 15 is 0 Å². The maximum Gasteiger partial charge on any atom is 0.254 e. The zero-order chi connectivity index (χ0) is 13.7. The van der Waals surface area contributed by atoms with E-state index in [1.165, 1.54) is 32.1 Å². The number of nitrogens with zero attached hydrogens (tertiary/aromatic N) is 1. The third-order valence-corrected chi connectivity index (χ3v) is 3.83. The highest BCUT2D eigenvalue weighted by Gasteiger charge is 2.16. The Morgan fingerprint density at radius 2 is 2.11 bits per heavy atom. The highest BCUT2D eigenvalue weighted by molar-refractivity contribution is 5.99. The molecule has 1 aliphatic carbocycles. The van der Waals surface area contributed by atoms with E-state index in [4.69, 9.17) is 0 Å². The molecule has 0 aliphatic heterocycles. The van der Waals surface area contributed by atoms with Crippen molar-refractivity contribution < 1.29 is 4.79 Å². The van der Waals surface area contributed by atoms with Gasteiger partial charge in [0.15, 0.2) is 0 Å². The van der Waals surface area contributed by atoms with Gasteiger partial charge in [0.25, 0.3) is 5.91 Å². The second-order valence-corrected chi connectivity index (χ2v) is 5.34. The molecule has 104 valence electrons. The summed E-state index contributed by atoms with van der Waals surface area (Å²) in [4.78, 5) is 16.4. The molecule has 1 saturated carbocycles. The molecule has 1 aliphatic rings. The number of pyridine rings is 1. The normalized spacial score (nSPS) is 16.1. The van der Waals surface area contributed by atoms with Gasteiger partial charge in [-0.25, -0.2) is 0 Å². The first-order chi connectivity index (χ1) is 9.20. The topological polar surface area (TPSA) is 54.0 Å². The number of hydrogen-bond acceptors (Lipinski definition) is 3. The number of rotatable bonds is 4. The molecule has 19 heavy (non-hydrogen) atoms. The van der Waals surface area contributed by atoms with Gasteiger partial charge in [0.1, 0.15) is 0 Å². The molecule has 4 heteroatoms. The van der Waals surface area contributed by atoms with Crippen molar-refractivity contribution in [2.45, 2.75) is 39.0 Å². The predicted octanol–water partition coefficient (Wildman–Crippen LogP) is 2.74. The van der Waals surface area contributed by atoms with Gasteiger partial charge in [0.05, 0.1) is 11.3 Å². The summed E-state index contributed by atoms with van der Waals surface area (Å²) >= 11 is 0. The molecule has 2 N–H and O–H groups in total. The number of aryl methyl sites for hydroxylation is 1. The van der Waals surface area contributed by atoms with Crippen LogP contribution >= 0.6 is 0 Å². The van der Waals surface area contributed by atoms with Gasteiger partial charge in [0.2, 0.25) is 0 Å². The molecular formula is C15H23N3O. The fraction of sp³-hybridized carbons (Fsp3) is 0.600. The van der Waals surface area contributed by atoms with Gasteiger partial charge < -0.3 is 10.6 Å². The highest BCUT2D eigenvalue weighted by Crippen LogP contribution is 2.23. The smallest absolute Gasteiger partial charge is 0.254 e. The van der Waals surface area contributed by atoms with Crippen LogP contribution in [0.4, 0.5) is 5.69 Å². The molecule has 4 nitrogen and oxygen atoms in total. The molecule has 1 heterocycles. The van der Waals surface area contributed by atoms with Crippen LogP contribution in [-0.2, 0) is 0 Å². The van der Waals surface area contributed by atoms with Crippen molar-refractivity contribution in [1.82, 2.24) is 10.3 Å². The quantitative estimate of drug-likeness (QED) is 0.876. The van der Waals surface area contributed by atoms with Crippen LogP contribution in [0.1, 0.15) is 48.2 Å². The molecule has 0 aromatic carbocycles. The standard InChI is InChI=1S/C15H23N3O/c1-11-8-14(16-2)13(10-17-11)15(19)18-9-12-6-4-3-5-7-12/h8,10,12H,3-7,9H2,1-2H3,(H,16,17)(H,18,19). The molecule has 1 fully saturated rings. The third kappa shape index (κ3) is 3.69. The fourth-order valence-electron chi connectivity index (χ4n) is 2.67. The SMILES string of the molecule is CNc1cc(C)ncc1C(=O)NCC1CCCCC1. The Morgan fingerprint density at radius 1 is 1.37 bits per heavy atom. The first-order valence-corrected chi connectivity index (χ1v) is 7.13. The molecule has 0 saturated heterocycles.